The molecule has 2 aliphatic heterocycles. The predicted octanol–water partition coefficient (Wildman–Crippen LogP) is 5.20. The van der Waals surface area contributed by atoms with Crippen molar-refractivity contribution >= 4 is 17.5 Å². The van der Waals surface area contributed by atoms with Gasteiger partial charge in [0.25, 0.3) is 0 Å². The third kappa shape index (κ3) is 4.69. The number of rotatable bonds is 8. The third-order valence-corrected chi connectivity index (χ3v) is 7.71. The van der Waals surface area contributed by atoms with Crippen LogP contribution >= 0.6 is 0 Å². The van der Waals surface area contributed by atoms with Gasteiger partial charge in [-0.3, -0.25) is 5.41 Å². The maximum absolute atomic E-state index is 11.4. The number of nitrogens with one attached hydrogen (secondary N) is 1. The van der Waals surface area contributed by atoms with Crippen LogP contribution in [0.3, 0.4) is 0 Å². The molecule has 0 spiro atoms. The largest absolute Gasteiger partial charge is 0.512 e. The topological polar surface area (TPSA) is 107 Å². The zero-order valence-electron chi connectivity index (χ0n) is 20.3. The van der Waals surface area contributed by atoms with Gasteiger partial charge in [-0.1, -0.05) is 24.3 Å². The van der Waals surface area contributed by atoms with Crippen molar-refractivity contribution in [2.45, 2.75) is 70.6 Å². The summed E-state index contributed by atoms with van der Waals surface area (Å²) in [6.45, 7) is 3.97. The van der Waals surface area contributed by atoms with Crippen LogP contribution in [0.25, 0.3) is 0 Å². The van der Waals surface area contributed by atoms with E-state index < -0.39 is 5.97 Å². The lowest BCUT2D eigenvalue weighted by atomic mass is 9.96. The number of aromatic nitrogens is 1. The Balaban J connectivity index is 1.29. The van der Waals surface area contributed by atoms with Gasteiger partial charge in [0.2, 0.25) is 0 Å². The van der Waals surface area contributed by atoms with Crippen LogP contribution in [0.5, 0.6) is 0 Å². The van der Waals surface area contributed by atoms with E-state index in [4.69, 9.17) is 10.1 Å². The summed E-state index contributed by atoms with van der Waals surface area (Å²) in [5, 5.41) is 29.1. The number of ether oxygens (including phenoxy) is 1. The van der Waals surface area contributed by atoms with E-state index in [1.807, 2.05) is 37.3 Å². The number of aryl methyl sites for hydroxylation is 2. The maximum atomic E-state index is 11.4. The van der Waals surface area contributed by atoms with E-state index in [-0.39, 0.29) is 24.2 Å². The summed E-state index contributed by atoms with van der Waals surface area (Å²) in [4.78, 5) is 18.3. The second-order valence-corrected chi connectivity index (χ2v) is 10.1. The summed E-state index contributed by atoms with van der Waals surface area (Å²) in [5.74, 6) is 0.355. The van der Waals surface area contributed by atoms with Crippen LogP contribution in [-0.4, -0.2) is 51.7 Å². The summed E-state index contributed by atoms with van der Waals surface area (Å²) in [5.41, 5.74) is 3.59. The number of aliphatic hydroxyl groups excluding tert-OH is 1. The van der Waals surface area contributed by atoms with Gasteiger partial charge in [-0.05, 0) is 70.1 Å². The number of hydrogen-bond acceptors (Lipinski definition) is 6. The van der Waals surface area contributed by atoms with Gasteiger partial charge in [-0.25, -0.2) is 9.78 Å². The van der Waals surface area contributed by atoms with Gasteiger partial charge in [0.05, 0.1) is 29.7 Å². The van der Waals surface area contributed by atoms with Crippen molar-refractivity contribution in [2.24, 2.45) is 5.92 Å². The fraction of sp³-hybridized carbons (Fsp3) is 0.464. The highest BCUT2D eigenvalue weighted by Gasteiger charge is 2.42. The molecule has 2 aromatic rings. The van der Waals surface area contributed by atoms with Crippen LogP contribution in [0, 0.1) is 25.2 Å². The molecule has 2 unspecified atom stereocenters. The van der Waals surface area contributed by atoms with Crippen LogP contribution in [0.1, 0.15) is 65.7 Å². The van der Waals surface area contributed by atoms with Crippen molar-refractivity contribution < 1.29 is 19.7 Å². The van der Waals surface area contributed by atoms with E-state index in [0.717, 1.165) is 55.5 Å². The van der Waals surface area contributed by atoms with E-state index in [1.165, 1.54) is 0 Å². The quantitative estimate of drug-likeness (QED) is 0.358. The molecular formula is C28H33N3O4. The summed E-state index contributed by atoms with van der Waals surface area (Å²) >= 11 is 0. The Bertz CT molecular complexity index is 1170. The van der Waals surface area contributed by atoms with Crippen LogP contribution in [0.15, 0.2) is 47.7 Å². The van der Waals surface area contributed by atoms with Gasteiger partial charge >= 0.3 is 5.97 Å². The number of pyridine rings is 1. The van der Waals surface area contributed by atoms with Gasteiger partial charge in [-0.2, -0.15) is 0 Å². The normalized spacial score (nSPS) is 24.3. The van der Waals surface area contributed by atoms with Crippen LogP contribution in [-0.2, 0) is 4.74 Å². The SMILES string of the molecule is Cc1ccccc1C(=N)/C(COC1CC2CC[C@@H](C1)N2c1ccc(C(=O)O)c(C)n1)=C(\O)C1CC1. The molecule has 1 aromatic heterocycles. The van der Waals surface area contributed by atoms with Crippen molar-refractivity contribution in [2.75, 3.05) is 11.5 Å². The van der Waals surface area contributed by atoms with Gasteiger partial charge < -0.3 is 19.8 Å². The number of piperidine rings is 1. The molecule has 7 nitrogen and oxygen atoms in total. The third-order valence-electron chi connectivity index (χ3n) is 7.71. The minimum atomic E-state index is -0.953. The number of hydrogen-bond donors (Lipinski definition) is 3. The summed E-state index contributed by atoms with van der Waals surface area (Å²) in [6, 6.07) is 11.9. The average Bonchev–Trinajstić information content (AvgIpc) is 3.64. The van der Waals surface area contributed by atoms with E-state index in [2.05, 4.69) is 9.88 Å². The molecule has 3 aliphatic rings. The Morgan fingerprint density at radius 2 is 1.71 bits per heavy atom. The van der Waals surface area contributed by atoms with Gasteiger partial charge in [-0.15, -0.1) is 0 Å². The Kier molecular flexibility index (Phi) is 6.36. The average molecular weight is 476 g/mol. The summed E-state index contributed by atoms with van der Waals surface area (Å²) < 4.78 is 6.38. The first-order valence-electron chi connectivity index (χ1n) is 12.5. The number of anilines is 1. The van der Waals surface area contributed by atoms with E-state index in [1.54, 1.807) is 13.0 Å². The Morgan fingerprint density at radius 3 is 2.31 bits per heavy atom. The molecule has 5 rings (SSSR count). The molecule has 3 N–H and O–H groups in total. The first kappa shape index (κ1) is 23.5. The number of carbonyl (C=O) groups is 1. The van der Waals surface area contributed by atoms with Gasteiger partial charge in [0, 0.05) is 29.1 Å². The molecule has 35 heavy (non-hydrogen) atoms. The number of carboxylic acids is 1. The van der Waals surface area contributed by atoms with Crippen LogP contribution in [0.4, 0.5) is 5.82 Å². The highest BCUT2D eigenvalue weighted by Crippen LogP contribution is 2.41. The highest BCUT2D eigenvalue weighted by atomic mass is 16.5. The number of fused-ring (bicyclic) bond motifs is 2. The van der Waals surface area contributed by atoms with Gasteiger partial charge in [0.15, 0.2) is 0 Å². The summed E-state index contributed by atoms with van der Waals surface area (Å²) in [6.07, 6.45) is 5.80. The number of nitrogens with zero attached hydrogens (tertiary/aromatic N) is 2. The first-order valence-corrected chi connectivity index (χ1v) is 12.5. The van der Waals surface area contributed by atoms with Crippen molar-refractivity contribution in [3.05, 3.63) is 70.1 Å². The Hall–Kier alpha value is -3.19. The van der Waals surface area contributed by atoms with Crippen molar-refractivity contribution in [3.8, 4) is 0 Å². The van der Waals surface area contributed by atoms with E-state index in [0.29, 0.717) is 34.8 Å². The second kappa shape index (κ2) is 9.46. The number of benzene rings is 1. The lowest BCUT2D eigenvalue weighted by Crippen LogP contribution is -2.46. The lowest BCUT2D eigenvalue weighted by molar-refractivity contribution is 0.0408. The van der Waals surface area contributed by atoms with Crippen molar-refractivity contribution in [3.63, 3.8) is 0 Å². The van der Waals surface area contributed by atoms with Crippen molar-refractivity contribution in [1.82, 2.24) is 4.98 Å². The maximum Gasteiger partial charge on any atom is 0.337 e. The zero-order valence-corrected chi connectivity index (χ0v) is 20.3. The van der Waals surface area contributed by atoms with E-state index in [9.17, 15) is 15.0 Å². The molecule has 1 aliphatic carbocycles. The Labute approximate surface area is 206 Å². The predicted molar refractivity (Wildman–Crippen MR) is 135 cm³/mol. The van der Waals surface area contributed by atoms with Gasteiger partial charge in [0.1, 0.15) is 11.6 Å². The number of aliphatic hydroxyl groups is 1. The number of carboxylic acid groups (broad SMARTS) is 1. The highest BCUT2D eigenvalue weighted by molar-refractivity contribution is 6.12. The Morgan fingerprint density at radius 1 is 1.03 bits per heavy atom. The molecule has 3 fully saturated rings. The second-order valence-electron chi connectivity index (χ2n) is 10.1. The smallest absolute Gasteiger partial charge is 0.337 e. The van der Waals surface area contributed by atoms with E-state index >= 15 is 0 Å². The minimum absolute atomic E-state index is 0.0508. The molecule has 184 valence electrons. The molecule has 2 bridgehead atoms. The molecule has 3 atom stereocenters. The molecule has 7 heteroatoms. The minimum Gasteiger partial charge on any atom is -0.512 e. The molecule has 0 radical (unpaired) electrons. The monoisotopic (exact) mass is 475 g/mol. The molecule has 1 saturated carbocycles. The first-order chi connectivity index (χ1) is 16.8. The number of aromatic carboxylic acids is 1. The molecular weight excluding hydrogens is 442 g/mol. The van der Waals surface area contributed by atoms with Crippen molar-refractivity contribution in [1.29, 1.82) is 5.41 Å². The zero-order chi connectivity index (χ0) is 24.7. The van der Waals surface area contributed by atoms with Crippen LogP contribution in [0.2, 0.25) is 0 Å². The molecule has 0 amide bonds. The lowest BCUT2D eigenvalue weighted by Gasteiger charge is -2.40. The molecule has 3 heterocycles. The standard InChI is InChI=1S/C28H33N3O4/c1-16-5-3-4-6-22(16)26(29)24(27(32)18-7-8-18)15-35-21-13-19-9-10-20(14-21)31(19)25-12-11-23(28(33)34)17(2)30-25/h3-6,11-12,18-21,29,32H,7-10,13-15H2,1-2H3,(H,33,34)/b27-24-,29-26?/t19-,20?,21?/m0/s1. The fourth-order valence-electron chi connectivity index (χ4n) is 5.65. The number of allylic oxidation sites excluding steroid dienone is 1. The fourth-order valence-corrected chi connectivity index (χ4v) is 5.65. The molecule has 2 saturated heterocycles. The molecule has 1 aromatic carbocycles. The summed E-state index contributed by atoms with van der Waals surface area (Å²) in [7, 11) is 0. The van der Waals surface area contributed by atoms with Crippen LogP contribution < -0.4 is 4.90 Å².